The van der Waals surface area contributed by atoms with E-state index in [-0.39, 0.29) is 18.3 Å². The van der Waals surface area contributed by atoms with Crippen LogP contribution in [0.1, 0.15) is 18.4 Å². The molecule has 2 heterocycles. The van der Waals surface area contributed by atoms with Gasteiger partial charge in [0.1, 0.15) is 41.3 Å². The first-order valence-electron chi connectivity index (χ1n) is 12.3. The third-order valence-corrected chi connectivity index (χ3v) is 6.49. The second-order valence-electron chi connectivity index (χ2n) is 9.11. The van der Waals surface area contributed by atoms with Crippen LogP contribution in [0, 0.1) is 17.6 Å². The minimum Gasteiger partial charge on any atom is -0.488 e. The maximum absolute atomic E-state index is 14.2. The van der Waals surface area contributed by atoms with Crippen molar-refractivity contribution < 1.29 is 28.2 Å². The van der Waals surface area contributed by atoms with Gasteiger partial charge in [0.2, 0.25) is 0 Å². The van der Waals surface area contributed by atoms with Gasteiger partial charge in [0.05, 0.1) is 11.6 Å². The summed E-state index contributed by atoms with van der Waals surface area (Å²) >= 11 is 0. The van der Waals surface area contributed by atoms with Crippen LogP contribution in [0.3, 0.4) is 0 Å². The largest absolute Gasteiger partial charge is 0.488 e. The molecule has 1 saturated heterocycles. The maximum Gasteiger partial charge on any atom is 0.306 e. The van der Waals surface area contributed by atoms with E-state index in [0.717, 1.165) is 11.4 Å². The molecule has 0 aliphatic carbocycles. The Morgan fingerprint density at radius 1 is 0.895 bits per heavy atom. The SMILES string of the molecule is O=C(O)C1CCN(c2cccc(-c3cc(F)ccc3OCc3ccc(Oc4ccc(F)cc4)cc3)n2)CC1. The Morgan fingerprint density at radius 2 is 1.55 bits per heavy atom. The van der Waals surface area contributed by atoms with E-state index >= 15 is 0 Å². The predicted octanol–water partition coefficient (Wildman–Crippen LogP) is 6.70. The zero-order valence-corrected chi connectivity index (χ0v) is 20.5. The highest BCUT2D eigenvalue weighted by molar-refractivity contribution is 5.71. The van der Waals surface area contributed by atoms with Crippen LogP contribution in [0.5, 0.6) is 17.2 Å². The van der Waals surface area contributed by atoms with E-state index in [0.29, 0.717) is 54.4 Å². The zero-order valence-electron chi connectivity index (χ0n) is 20.5. The van der Waals surface area contributed by atoms with Crippen molar-refractivity contribution in [2.75, 3.05) is 18.0 Å². The summed E-state index contributed by atoms with van der Waals surface area (Å²) < 4.78 is 39.1. The van der Waals surface area contributed by atoms with E-state index in [1.165, 1.54) is 24.3 Å². The van der Waals surface area contributed by atoms with Gasteiger partial charge in [-0.2, -0.15) is 0 Å². The normalized spacial score (nSPS) is 13.8. The lowest BCUT2D eigenvalue weighted by molar-refractivity contribution is -0.142. The van der Waals surface area contributed by atoms with Crippen molar-refractivity contribution in [3.8, 4) is 28.5 Å². The van der Waals surface area contributed by atoms with Crippen molar-refractivity contribution in [1.82, 2.24) is 4.98 Å². The van der Waals surface area contributed by atoms with Crippen molar-refractivity contribution in [2.45, 2.75) is 19.4 Å². The Balaban J connectivity index is 1.28. The van der Waals surface area contributed by atoms with Crippen LogP contribution in [0.4, 0.5) is 14.6 Å². The number of nitrogens with zero attached hydrogens (tertiary/aromatic N) is 2. The highest BCUT2D eigenvalue weighted by atomic mass is 19.1. The molecular weight excluding hydrogens is 490 g/mol. The van der Waals surface area contributed by atoms with Crippen LogP contribution in [0.25, 0.3) is 11.3 Å². The number of ether oxygens (including phenoxy) is 2. The summed E-state index contributed by atoms with van der Waals surface area (Å²) in [6.07, 6.45) is 1.12. The molecule has 8 heteroatoms. The minimum atomic E-state index is -0.761. The van der Waals surface area contributed by atoms with E-state index in [4.69, 9.17) is 14.5 Å². The Bertz CT molecular complexity index is 1400. The number of benzene rings is 3. The van der Waals surface area contributed by atoms with Gasteiger partial charge >= 0.3 is 5.97 Å². The maximum atomic E-state index is 14.2. The lowest BCUT2D eigenvalue weighted by atomic mass is 9.97. The van der Waals surface area contributed by atoms with E-state index in [9.17, 15) is 18.7 Å². The lowest BCUT2D eigenvalue weighted by Crippen LogP contribution is -2.36. The fourth-order valence-electron chi connectivity index (χ4n) is 4.39. The Morgan fingerprint density at radius 3 is 2.24 bits per heavy atom. The standard InChI is InChI=1S/C30H26F2N2O4/c31-22-6-11-25(12-7-22)38-24-9-4-20(5-10-24)19-37-28-13-8-23(32)18-26(28)27-2-1-3-29(33-27)34-16-14-21(15-17-34)30(35)36/h1-13,18,21H,14-17,19H2,(H,35,36). The molecule has 0 amide bonds. The fourth-order valence-corrected chi connectivity index (χ4v) is 4.39. The number of anilines is 1. The summed E-state index contributed by atoms with van der Waals surface area (Å²) in [7, 11) is 0. The van der Waals surface area contributed by atoms with Crippen LogP contribution in [-0.2, 0) is 11.4 Å². The number of halogens is 2. The number of carboxylic acid groups (broad SMARTS) is 1. The average molecular weight is 517 g/mol. The molecule has 1 aromatic heterocycles. The second kappa shape index (κ2) is 11.3. The quantitative estimate of drug-likeness (QED) is 0.281. The molecule has 1 aliphatic rings. The Hall–Kier alpha value is -4.46. The van der Waals surface area contributed by atoms with Crippen molar-refractivity contribution in [1.29, 1.82) is 0 Å². The fraction of sp³-hybridized carbons (Fsp3) is 0.200. The van der Waals surface area contributed by atoms with Crippen LogP contribution < -0.4 is 14.4 Å². The van der Waals surface area contributed by atoms with Crippen LogP contribution >= 0.6 is 0 Å². The van der Waals surface area contributed by atoms with Crippen molar-refractivity contribution in [2.24, 2.45) is 5.92 Å². The average Bonchev–Trinajstić information content (AvgIpc) is 2.94. The van der Waals surface area contributed by atoms with Gasteiger partial charge in [-0.05, 0) is 85.1 Å². The highest BCUT2D eigenvalue weighted by Crippen LogP contribution is 2.32. The number of hydrogen-bond donors (Lipinski definition) is 1. The molecular formula is C30H26F2N2O4. The van der Waals surface area contributed by atoms with E-state index in [1.54, 1.807) is 36.4 Å². The lowest BCUT2D eigenvalue weighted by Gasteiger charge is -2.31. The first-order valence-corrected chi connectivity index (χ1v) is 12.3. The van der Waals surface area contributed by atoms with E-state index in [1.807, 2.05) is 24.3 Å². The molecule has 0 unspecified atom stereocenters. The summed E-state index contributed by atoms with van der Waals surface area (Å²) in [5.74, 6) is 0.537. The molecule has 0 saturated carbocycles. The van der Waals surface area contributed by atoms with Crippen molar-refractivity contribution in [3.63, 3.8) is 0 Å². The summed E-state index contributed by atoms with van der Waals surface area (Å²) in [4.78, 5) is 18.1. The van der Waals surface area contributed by atoms with Crippen LogP contribution in [0.15, 0.2) is 84.9 Å². The summed E-state index contributed by atoms with van der Waals surface area (Å²) in [5.41, 5.74) is 1.98. The molecule has 4 aromatic rings. The van der Waals surface area contributed by atoms with Crippen LogP contribution in [-0.4, -0.2) is 29.1 Å². The Labute approximate surface area is 219 Å². The molecule has 1 N–H and O–H groups in total. The van der Waals surface area contributed by atoms with E-state index < -0.39 is 11.8 Å². The third-order valence-electron chi connectivity index (χ3n) is 6.49. The number of carbonyl (C=O) groups is 1. The van der Waals surface area contributed by atoms with Gasteiger partial charge in [0.15, 0.2) is 0 Å². The van der Waals surface area contributed by atoms with Crippen molar-refractivity contribution in [3.05, 3.63) is 102 Å². The molecule has 0 atom stereocenters. The Kier molecular flexibility index (Phi) is 7.49. The number of rotatable bonds is 8. The van der Waals surface area contributed by atoms with Gasteiger partial charge in [-0.15, -0.1) is 0 Å². The molecule has 6 nitrogen and oxygen atoms in total. The molecule has 5 rings (SSSR count). The molecule has 0 radical (unpaired) electrons. The third kappa shape index (κ3) is 6.08. The van der Waals surface area contributed by atoms with Gasteiger partial charge in [-0.3, -0.25) is 4.79 Å². The van der Waals surface area contributed by atoms with Gasteiger partial charge in [0.25, 0.3) is 0 Å². The molecule has 3 aromatic carbocycles. The number of aliphatic carboxylic acids is 1. The summed E-state index contributed by atoms with van der Waals surface area (Å²) in [5, 5.41) is 9.26. The topological polar surface area (TPSA) is 71.9 Å². The number of piperidine rings is 1. The van der Waals surface area contributed by atoms with E-state index in [2.05, 4.69) is 4.90 Å². The monoisotopic (exact) mass is 516 g/mol. The molecule has 0 spiro atoms. The molecule has 38 heavy (non-hydrogen) atoms. The van der Waals surface area contributed by atoms with Gasteiger partial charge in [-0.25, -0.2) is 13.8 Å². The van der Waals surface area contributed by atoms with Gasteiger partial charge in [-0.1, -0.05) is 18.2 Å². The summed E-state index contributed by atoms with van der Waals surface area (Å²) in [6, 6.07) is 23.0. The van der Waals surface area contributed by atoms with Gasteiger partial charge in [0, 0.05) is 18.7 Å². The number of carboxylic acids is 1. The highest BCUT2D eigenvalue weighted by Gasteiger charge is 2.25. The predicted molar refractivity (Wildman–Crippen MR) is 139 cm³/mol. The molecule has 194 valence electrons. The smallest absolute Gasteiger partial charge is 0.306 e. The van der Waals surface area contributed by atoms with Gasteiger partial charge < -0.3 is 19.5 Å². The molecule has 1 aliphatic heterocycles. The second-order valence-corrected chi connectivity index (χ2v) is 9.11. The zero-order chi connectivity index (χ0) is 26.5. The number of hydrogen-bond acceptors (Lipinski definition) is 5. The number of aromatic nitrogens is 1. The molecule has 1 fully saturated rings. The number of pyridine rings is 1. The first kappa shape index (κ1) is 25.2. The van der Waals surface area contributed by atoms with Crippen molar-refractivity contribution >= 4 is 11.8 Å². The first-order chi connectivity index (χ1) is 18.4. The van der Waals surface area contributed by atoms with Crippen LogP contribution in [0.2, 0.25) is 0 Å². The minimum absolute atomic E-state index is 0.248. The molecule has 0 bridgehead atoms. The summed E-state index contributed by atoms with van der Waals surface area (Å²) in [6.45, 7) is 1.44.